The van der Waals surface area contributed by atoms with Crippen LogP contribution in [0.5, 0.6) is 5.75 Å². The second-order valence-corrected chi connectivity index (χ2v) is 15.6. The molecule has 3 aromatic rings. The Hall–Kier alpha value is -2.96. The molecule has 0 radical (unpaired) electrons. The van der Waals surface area contributed by atoms with E-state index in [1.165, 1.54) is 0 Å². The van der Waals surface area contributed by atoms with Crippen LogP contribution in [0.4, 0.5) is 0 Å². The molecular formula is C34H46N2O3S. The molecule has 6 heteroatoms. The summed E-state index contributed by atoms with van der Waals surface area (Å²) in [4.78, 5) is 4.81. The molecule has 216 valence electrons. The Bertz CT molecular complexity index is 1370. The van der Waals surface area contributed by atoms with Gasteiger partial charge in [-0.15, -0.1) is 0 Å². The van der Waals surface area contributed by atoms with Gasteiger partial charge in [0.2, 0.25) is 10.0 Å². The summed E-state index contributed by atoms with van der Waals surface area (Å²) in [5.74, 6) is 0.000716. The van der Waals surface area contributed by atoms with Crippen LogP contribution < -0.4 is 4.72 Å². The molecule has 0 aliphatic carbocycles. The lowest BCUT2D eigenvalue weighted by atomic mass is 9.79. The largest absolute Gasteiger partial charge is 0.507 e. The maximum Gasteiger partial charge on any atom is 0.214 e. The van der Waals surface area contributed by atoms with Crippen LogP contribution in [-0.4, -0.2) is 31.5 Å². The number of aliphatic imine (C=N–C) groups is 1. The first-order valence-corrected chi connectivity index (χ1v) is 15.5. The maximum atomic E-state index is 13.7. The lowest BCUT2D eigenvalue weighted by molar-refractivity contribution is 0.342. The van der Waals surface area contributed by atoms with E-state index in [9.17, 15) is 13.5 Å². The number of nitrogens with zero attached hydrogens (tertiary/aromatic N) is 1. The predicted molar refractivity (Wildman–Crippen MR) is 168 cm³/mol. The van der Waals surface area contributed by atoms with Gasteiger partial charge in [-0.1, -0.05) is 129 Å². The van der Waals surface area contributed by atoms with E-state index in [-0.39, 0.29) is 22.3 Å². The topological polar surface area (TPSA) is 78.8 Å². The summed E-state index contributed by atoms with van der Waals surface area (Å²) in [6.07, 6.45) is 1.65. The number of aromatic hydroxyl groups is 1. The van der Waals surface area contributed by atoms with E-state index in [4.69, 9.17) is 4.99 Å². The van der Waals surface area contributed by atoms with Crippen molar-refractivity contribution in [1.29, 1.82) is 0 Å². The Morgan fingerprint density at radius 2 is 1.30 bits per heavy atom. The van der Waals surface area contributed by atoms with E-state index < -0.39 is 27.5 Å². The minimum absolute atomic E-state index is 0.128. The standard InChI is InChI=1S/C34H46N2O3S/c1-32(2,3)27-20-26(31(37)28(21-27)33(4,5)6)22-35-29(34(7,8)9)23-40(38,39)36-30(24-16-12-10-13-17-24)25-18-14-11-15-19-25/h10-22,29-30,36-37H,23H2,1-9H3/t29-/m1/s1. The van der Waals surface area contributed by atoms with Gasteiger partial charge in [-0.2, -0.15) is 0 Å². The monoisotopic (exact) mass is 562 g/mol. The predicted octanol–water partition coefficient (Wildman–Crippen LogP) is 7.53. The Labute approximate surface area is 241 Å². The molecule has 0 heterocycles. The molecule has 0 unspecified atom stereocenters. The number of benzene rings is 3. The molecule has 0 saturated carbocycles. The zero-order valence-electron chi connectivity index (χ0n) is 25.5. The number of phenolic OH excluding ortho intramolecular Hbond substituents is 1. The Balaban J connectivity index is 1.99. The third kappa shape index (κ3) is 8.28. The molecule has 3 rings (SSSR count). The molecule has 5 nitrogen and oxygen atoms in total. The number of phenols is 1. The van der Waals surface area contributed by atoms with Gasteiger partial charge in [-0.25, -0.2) is 13.1 Å². The highest BCUT2D eigenvalue weighted by Crippen LogP contribution is 2.37. The van der Waals surface area contributed by atoms with Crippen LogP contribution in [0.2, 0.25) is 0 Å². The fraction of sp³-hybridized carbons (Fsp3) is 0.441. The highest BCUT2D eigenvalue weighted by atomic mass is 32.2. The number of hydrogen-bond donors (Lipinski definition) is 2. The summed E-state index contributed by atoms with van der Waals surface area (Å²) in [6, 6.07) is 22.1. The molecule has 1 atom stereocenters. The fourth-order valence-electron chi connectivity index (χ4n) is 4.50. The second-order valence-electron chi connectivity index (χ2n) is 13.8. The smallest absolute Gasteiger partial charge is 0.214 e. The van der Waals surface area contributed by atoms with Crippen LogP contribution >= 0.6 is 0 Å². The quantitative estimate of drug-likeness (QED) is 0.279. The highest BCUT2D eigenvalue weighted by Gasteiger charge is 2.32. The number of sulfonamides is 1. The first-order valence-electron chi connectivity index (χ1n) is 13.9. The van der Waals surface area contributed by atoms with Gasteiger partial charge in [0.15, 0.2) is 0 Å². The third-order valence-electron chi connectivity index (χ3n) is 7.15. The zero-order valence-corrected chi connectivity index (χ0v) is 26.3. The van der Waals surface area contributed by atoms with Crippen molar-refractivity contribution < 1.29 is 13.5 Å². The lowest BCUT2D eigenvalue weighted by Crippen LogP contribution is -2.39. The minimum Gasteiger partial charge on any atom is -0.507 e. The first-order chi connectivity index (χ1) is 18.4. The van der Waals surface area contributed by atoms with Crippen molar-refractivity contribution in [3.63, 3.8) is 0 Å². The van der Waals surface area contributed by atoms with Crippen LogP contribution in [0.3, 0.4) is 0 Å². The summed E-state index contributed by atoms with van der Waals surface area (Å²) in [6.45, 7) is 18.6. The normalized spacial score (nSPS) is 14.2. The first kappa shape index (κ1) is 31.6. The molecule has 0 bridgehead atoms. The second kappa shape index (κ2) is 11.9. The van der Waals surface area contributed by atoms with Crippen molar-refractivity contribution in [3.05, 3.63) is 101 Å². The van der Waals surface area contributed by atoms with Gasteiger partial charge < -0.3 is 5.11 Å². The summed E-state index contributed by atoms with van der Waals surface area (Å²) >= 11 is 0. The van der Waals surface area contributed by atoms with Gasteiger partial charge in [0, 0.05) is 17.3 Å². The molecule has 0 aliphatic heterocycles. The molecule has 0 spiro atoms. The Morgan fingerprint density at radius 3 is 1.73 bits per heavy atom. The van der Waals surface area contributed by atoms with E-state index in [0.717, 1.165) is 22.3 Å². The molecule has 0 fully saturated rings. The van der Waals surface area contributed by atoms with E-state index in [1.54, 1.807) is 6.21 Å². The average molecular weight is 563 g/mol. The van der Waals surface area contributed by atoms with Crippen LogP contribution in [0.25, 0.3) is 0 Å². The zero-order chi connectivity index (χ0) is 29.9. The Kier molecular flexibility index (Phi) is 9.37. The molecular weight excluding hydrogens is 516 g/mol. The molecule has 2 N–H and O–H groups in total. The molecule has 40 heavy (non-hydrogen) atoms. The number of rotatable bonds is 8. The van der Waals surface area contributed by atoms with Gasteiger partial charge in [-0.05, 0) is 39.0 Å². The summed E-state index contributed by atoms with van der Waals surface area (Å²) in [5, 5.41) is 11.2. The van der Waals surface area contributed by atoms with Crippen molar-refractivity contribution in [1.82, 2.24) is 4.72 Å². The van der Waals surface area contributed by atoms with E-state index >= 15 is 0 Å². The van der Waals surface area contributed by atoms with Gasteiger partial charge in [0.05, 0.1) is 17.8 Å². The van der Waals surface area contributed by atoms with E-state index in [1.807, 2.05) is 87.5 Å². The highest BCUT2D eigenvalue weighted by molar-refractivity contribution is 7.89. The fourth-order valence-corrected chi connectivity index (χ4v) is 6.23. The van der Waals surface area contributed by atoms with Crippen LogP contribution in [0, 0.1) is 5.41 Å². The Morgan fingerprint density at radius 1 is 0.800 bits per heavy atom. The van der Waals surface area contributed by atoms with Gasteiger partial charge >= 0.3 is 0 Å². The maximum absolute atomic E-state index is 13.7. The SMILES string of the molecule is CC(C)(C)c1cc(C=N[C@H](CS(=O)(=O)NC(c2ccccc2)c2ccccc2)C(C)(C)C)c(O)c(C(C)(C)C)c1. The van der Waals surface area contributed by atoms with Crippen molar-refractivity contribution in [3.8, 4) is 5.75 Å². The van der Waals surface area contributed by atoms with Crippen molar-refractivity contribution in [2.24, 2.45) is 10.4 Å². The van der Waals surface area contributed by atoms with Gasteiger partial charge in [0.1, 0.15) is 5.75 Å². The van der Waals surface area contributed by atoms with Crippen molar-refractivity contribution in [2.75, 3.05) is 5.75 Å². The third-order valence-corrected chi connectivity index (χ3v) is 8.50. The van der Waals surface area contributed by atoms with Crippen LogP contribution in [0.1, 0.15) is 96.2 Å². The number of nitrogens with one attached hydrogen (secondary N) is 1. The van der Waals surface area contributed by atoms with E-state index in [2.05, 4.69) is 52.3 Å². The molecule has 3 aromatic carbocycles. The molecule has 0 saturated heterocycles. The van der Waals surface area contributed by atoms with Gasteiger partial charge in [0.25, 0.3) is 0 Å². The van der Waals surface area contributed by atoms with Crippen molar-refractivity contribution in [2.45, 2.75) is 85.2 Å². The van der Waals surface area contributed by atoms with Crippen LogP contribution in [-0.2, 0) is 20.9 Å². The summed E-state index contributed by atoms with van der Waals surface area (Å²) in [5.41, 5.74) is 3.43. The van der Waals surface area contributed by atoms with Crippen molar-refractivity contribution >= 4 is 16.2 Å². The minimum atomic E-state index is -3.76. The molecule has 0 aliphatic rings. The molecule has 0 amide bonds. The average Bonchev–Trinajstić information content (AvgIpc) is 2.85. The summed E-state index contributed by atoms with van der Waals surface area (Å²) in [7, 11) is -3.76. The lowest BCUT2D eigenvalue weighted by Gasteiger charge is -2.29. The number of hydrogen-bond acceptors (Lipinski definition) is 4. The van der Waals surface area contributed by atoms with Gasteiger partial charge in [-0.3, -0.25) is 4.99 Å². The van der Waals surface area contributed by atoms with Crippen LogP contribution in [0.15, 0.2) is 77.8 Å². The summed E-state index contributed by atoms with van der Waals surface area (Å²) < 4.78 is 30.3. The molecule has 0 aromatic heterocycles. The van der Waals surface area contributed by atoms with E-state index in [0.29, 0.717) is 5.56 Å².